The Bertz CT molecular complexity index is 5000. The molecule has 0 radical (unpaired) electrons. The Balaban J connectivity index is 0.000000123. The van der Waals surface area contributed by atoms with Gasteiger partial charge in [-0.3, -0.25) is 19.2 Å². The maximum atomic E-state index is 13.5. The van der Waals surface area contributed by atoms with E-state index in [1.807, 2.05) is 0 Å². The van der Waals surface area contributed by atoms with Gasteiger partial charge in [-0.05, 0) is 414 Å². The first kappa shape index (κ1) is 111. The number of hydrogen-bond acceptors (Lipinski definition) is 16. The number of ether oxygens (including phenoxy) is 7. The van der Waals surface area contributed by atoms with Gasteiger partial charge in [0.1, 0.15) is 0 Å². The van der Waals surface area contributed by atoms with Crippen LogP contribution < -0.4 is 0 Å². The first-order chi connectivity index (χ1) is 68.1. The van der Waals surface area contributed by atoms with Crippen LogP contribution in [0.1, 0.15) is 399 Å². The summed E-state index contributed by atoms with van der Waals surface area (Å²) in [4.78, 5) is 53.8. The second-order valence-electron chi connectivity index (χ2n) is 61.2. The Morgan fingerprint density at radius 3 is 0.918 bits per heavy atom. The molecule has 2 saturated heterocycles. The molecule has 0 aromatic heterocycles. The van der Waals surface area contributed by atoms with E-state index < -0.39 is 28.8 Å². The van der Waals surface area contributed by atoms with E-state index in [1.165, 1.54) is 32.1 Å². The van der Waals surface area contributed by atoms with Gasteiger partial charge in [0, 0.05) is 25.6 Å². The van der Waals surface area contributed by atoms with Crippen molar-refractivity contribution in [2.24, 2.45) is 238 Å². The Kier molecular flexibility index (Phi) is 28.0. The first-order valence-corrected chi connectivity index (χ1v) is 61.3. The van der Waals surface area contributed by atoms with Crippen molar-refractivity contribution in [1.82, 2.24) is 0 Å². The number of fused-ring (bicyclic) bond motifs is 31. The van der Waals surface area contributed by atoms with Crippen LogP contribution in [0.15, 0.2) is 46.6 Å². The van der Waals surface area contributed by atoms with Crippen molar-refractivity contribution in [2.75, 3.05) is 54.9 Å². The molecule has 146 heavy (non-hydrogen) atoms. The summed E-state index contributed by atoms with van der Waals surface area (Å²) in [5, 5.41) is 54.1. The zero-order valence-corrected chi connectivity index (χ0v) is 99.7. The molecule has 0 amide bonds. The molecule has 16 nitrogen and oxygen atoms in total. The zero-order chi connectivity index (χ0) is 107. The molecule has 824 valence electrons. The molecular formula is C129H205IO16. The number of alkyl halides is 1. The van der Waals surface area contributed by atoms with Gasteiger partial charge in [0.05, 0.1) is 107 Å². The largest absolute Gasteiger partial charge is 0.469 e. The Morgan fingerprint density at radius 1 is 0.322 bits per heavy atom. The lowest BCUT2D eigenvalue weighted by molar-refractivity contribution is -0.361. The molecule has 22 rings (SSSR count). The zero-order valence-electron chi connectivity index (χ0n) is 97.5. The van der Waals surface area contributed by atoms with Gasteiger partial charge in [-0.1, -0.05) is 249 Å². The van der Waals surface area contributed by atoms with E-state index in [0.29, 0.717) is 119 Å². The second-order valence-corrected chi connectivity index (χ2v) is 62.8. The number of hydrogen-bond donors (Lipinski definition) is 5. The van der Waals surface area contributed by atoms with Gasteiger partial charge < -0.3 is 58.7 Å². The summed E-state index contributed by atoms with van der Waals surface area (Å²) < 4.78 is 41.5. The highest BCUT2D eigenvalue weighted by molar-refractivity contribution is 14.1. The number of halogens is 1. The van der Waals surface area contributed by atoms with E-state index in [0.717, 1.165) is 180 Å². The van der Waals surface area contributed by atoms with Crippen LogP contribution in [0.4, 0.5) is 0 Å². The maximum absolute atomic E-state index is 13.5. The third-order valence-corrected chi connectivity index (χ3v) is 57.3. The Labute approximate surface area is 897 Å². The number of aliphatic hydroxyl groups is 5. The van der Waals surface area contributed by atoms with Crippen molar-refractivity contribution in [1.29, 1.82) is 0 Å². The van der Waals surface area contributed by atoms with E-state index >= 15 is 0 Å². The molecule has 20 aliphatic carbocycles. The van der Waals surface area contributed by atoms with E-state index in [4.69, 9.17) is 33.2 Å². The third-order valence-electron chi connectivity index (χ3n) is 56.2. The highest BCUT2D eigenvalue weighted by atomic mass is 127. The topological polar surface area (TPSA) is 237 Å². The fourth-order valence-electron chi connectivity index (χ4n) is 46.8. The lowest BCUT2D eigenvalue weighted by Crippen LogP contribution is -2.69. The number of esters is 4. The molecule has 2 aliphatic heterocycles. The molecule has 23 unspecified atom stereocenters. The van der Waals surface area contributed by atoms with E-state index in [1.54, 1.807) is 50.7 Å². The average molecular weight is 2140 g/mol. The van der Waals surface area contributed by atoms with Crippen molar-refractivity contribution in [3.63, 3.8) is 0 Å². The lowest BCUT2D eigenvalue weighted by Gasteiger charge is -2.73. The molecule has 0 aromatic carbocycles. The van der Waals surface area contributed by atoms with Crippen molar-refractivity contribution in [2.45, 2.75) is 440 Å². The van der Waals surface area contributed by atoms with Crippen LogP contribution in [-0.2, 0) is 52.3 Å². The molecule has 48 atom stereocenters. The van der Waals surface area contributed by atoms with E-state index in [2.05, 4.69) is 241 Å². The van der Waals surface area contributed by atoms with Crippen LogP contribution >= 0.6 is 22.6 Å². The summed E-state index contributed by atoms with van der Waals surface area (Å²) in [6.45, 7) is 69.0. The Hall–Kier alpha value is -2.75. The SMILES string of the molecule is COC(=O)C12CC[C@@H](C)[C@H](C)C1C1=CCC3[C@@]4(C)C[C@@H](C)C(O)C(C)(CO)C4CC[C@@]3(C)[C@]1(C)CC2.COC(=O)C12CC[C@@H](C)[C@H](C)C1C1=CCC3[C@@]4(C)C[C@@H](C)C5OC(C)(C)OC[C@@]5(C)C4CC[C@@]3(C)[C@]1(C)CC2.COC(=O)[C@]12CC[C@@H](C)[C@H](C)C1C1=CCC3[C@@]4(C)CC(I)C(O)C(C)(CO)C4CC[C@@]3(C)[C@]1(C)CC2.COC(=O)[C@]12CC[C@@H](C)[C@H](C)C1C1=CCC3[C@@]4(C)CC5OC5C(C)(CO)C4CC[C@@]3(C)[C@]1(C)CC2. The lowest BCUT2D eigenvalue weighted by atomic mass is 9.32. The highest BCUT2D eigenvalue weighted by Gasteiger charge is 2.80. The van der Waals surface area contributed by atoms with Crippen LogP contribution in [-0.4, -0.2) is 145 Å². The summed E-state index contributed by atoms with van der Waals surface area (Å²) in [6, 6.07) is 0. The summed E-state index contributed by atoms with van der Waals surface area (Å²) in [5.41, 5.74) is 5.59. The monoisotopic (exact) mass is 2140 g/mol. The molecule has 2 heterocycles. The minimum Gasteiger partial charge on any atom is -0.469 e. The van der Waals surface area contributed by atoms with Gasteiger partial charge in [0.2, 0.25) is 0 Å². The number of methoxy groups -OCH3 is 4. The smallest absolute Gasteiger partial charge is 0.312 e. The summed E-state index contributed by atoms with van der Waals surface area (Å²) in [5.74, 6) is 9.90. The van der Waals surface area contributed by atoms with Crippen molar-refractivity contribution in [3.8, 4) is 0 Å². The second kappa shape index (κ2) is 36.7. The Morgan fingerprint density at radius 2 is 0.603 bits per heavy atom. The molecule has 0 bridgehead atoms. The third kappa shape index (κ3) is 14.6. The van der Waals surface area contributed by atoms with E-state index in [9.17, 15) is 44.7 Å². The normalized spacial score (nSPS) is 56.8. The van der Waals surface area contributed by atoms with Crippen LogP contribution in [0.3, 0.4) is 0 Å². The molecule has 17 heteroatoms. The first-order valence-electron chi connectivity index (χ1n) is 60.0. The van der Waals surface area contributed by atoms with Crippen molar-refractivity contribution < 1.29 is 77.9 Å². The minimum atomic E-state index is -0.493. The standard InChI is InChI=1S/C35H56O4.C32H52O4.C31H49IO4.C31H48O4/c1-21-13-16-35(29(36)37-10)18-17-33(8)24(27(35)23(21)3)11-12-26-31(6)19-22(2)28-32(7,20-38-30(4,5)39-28)25(31)14-15-34(26,33)9;1-19-11-14-32(27(35)36-8)16-15-30(6)22(25(32)21(19)3)9-10-24-28(4)17-20(2)26(34)29(5,18-33)23(28)12-13-31(24,30)7;1-18-10-13-31(26(35)36-7)15-14-29(5)20(24(31)19(18)2)8-9-23-27(3)16-21(32)25(34)28(4,17-33)22(27)11-12-30(23,29)6;1-18-10-13-31(26(33)34-7)15-14-29(5)20(24(31)19(18)2)8-9-23-27(3)16-21-25(35-21)28(4,17-32)22(27)11-12-30(23,29)6/h11,21-23,25-28H,12-20H2,1-10H3;9,19-21,23-26,33-34H,10-18H2,1-8H3;8,18-19,21-25,33-34H,9-17H2,1-7H3;8,18-19,21-25,32H,9-17H2,1-7H3/t21-,22-,23+,25?,26?,27?,28?,31+,32+,33-,34-,35?;19-,20-,21+,23?,24?,25?,26?,28+,29?,30-,31-,32?;2*18-,19+,21?,22?,23?,24?,25?,27+,28?,29-,30-,31+/m1111/s1. The molecule has 22 aliphatic rings. The fourth-order valence-corrected chi connectivity index (χ4v) is 48.6. The highest BCUT2D eigenvalue weighted by Crippen LogP contribution is 2.84. The van der Waals surface area contributed by atoms with Crippen molar-refractivity contribution in [3.05, 3.63) is 46.6 Å². The van der Waals surface area contributed by atoms with Gasteiger partial charge in [-0.25, -0.2) is 0 Å². The summed E-state index contributed by atoms with van der Waals surface area (Å²) >= 11 is 2.45. The van der Waals surface area contributed by atoms with Gasteiger partial charge >= 0.3 is 23.9 Å². The predicted molar refractivity (Wildman–Crippen MR) is 586 cm³/mol. The number of epoxide rings is 1. The molecule has 0 aromatic rings. The number of rotatable bonds is 7. The van der Waals surface area contributed by atoms with Gasteiger partial charge in [0.25, 0.3) is 0 Å². The number of aliphatic hydroxyl groups excluding tert-OH is 5. The van der Waals surface area contributed by atoms with Crippen LogP contribution in [0, 0.1) is 238 Å². The summed E-state index contributed by atoms with van der Waals surface area (Å²) in [6.07, 6.45) is 44.8. The minimum absolute atomic E-state index is 0.0184. The average Bonchev–Trinajstić information content (AvgIpc) is 1.40. The number of allylic oxidation sites excluding steroid dienone is 8. The maximum Gasteiger partial charge on any atom is 0.312 e. The quantitative estimate of drug-likeness (QED) is 0.0398. The molecule has 0 spiro atoms. The van der Waals surface area contributed by atoms with Crippen LogP contribution in [0.5, 0.6) is 0 Å². The molecule has 16 saturated carbocycles. The molecular weight excluding hydrogens is 1930 g/mol. The number of carbonyl (C=O) groups excluding carboxylic acids is 4. The van der Waals surface area contributed by atoms with E-state index in [-0.39, 0.29) is 175 Å². The van der Waals surface area contributed by atoms with Gasteiger partial charge in [0.15, 0.2) is 5.79 Å². The van der Waals surface area contributed by atoms with Gasteiger partial charge in [-0.15, -0.1) is 0 Å². The van der Waals surface area contributed by atoms with Crippen LogP contribution in [0.25, 0.3) is 0 Å². The number of carbonyl (C=O) groups is 4. The fraction of sp³-hybridized carbons (Fsp3) is 0.907. The molecule has 5 N–H and O–H groups in total. The predicted octanol–water partition coefficient (Wildman–Crippen LogP) is 27.3. The van der Waals surface area contributed by atoms with Gasteiger partial charge in [-0.2, -0.15) is 0 Å². The molecule has 18 fully saturated rings. The summed E-state index contributed by atoms with van der Waals surface area (Å²) in [7, 11) is 6.36. The van der Waals surface area contributed by atoms with Crippen molar-refractivity contribution >= 4 is 46.5 Å². The van der Waals surface area contributed by atoms with Crippen LogP contribution in [0.2, 0.25) is 0 Å².